The normalized spacial score (nSPS) is 11.4. The zero-order valence-electron chi connectivity index (χ0n) is 19.6. The number of hydrogen-bond donors (Lipinski definition) is 0. The molecule has 0 N–H and O–H groups in total. The highest BCUT2D eigenvalue weighted by Crippen LogP contribution is 2.30. The molecule has 0 radical (unpaired) electrons. The topological polar surface area (TPSA) is 78.1 Å². The van der Waals surface area contributed by atoms with Gasteiger partial charge < -0.3 is 14.2 Å². The number of rotatable bonds is 7. The number of carbonyl (C=O) groups is 1. The summed E-state index contributed by atoms with van der Waals surface area (Å²) in [7, 11) is 5.31. The summed E-state index contributed by atoms with van der Waals surface area (Å²) < 4.78 is 9.34. The number of amides is 1. The molecule has 168 valence electrons. The minimum Gasteiger partial charge on any atom is -0.479 e. The van der Waals surface area contributed by atoms with Gasteiger partial charge >= 0.3 is 0 Å². The number of methoxy groups -OCH3 is 1. The van der Waals surface area contributed by atoms with Crippen LogP contribution in [0.2, 0.25) is 0 Å². The summed E-state index contributed by atoms with van der Waals surface area (Å²) in [5.41, 5.74) is 5.92. The van der Waals surface area contributed by atoms with Gasteiger partial charge in [-0.2, -0.15) is 0 Å². The van der Waals surface area contributed by atoms with Crippen molar-refractivity contribution in [2.45, 2.75) is 46.7 Å². The smallest absolute Gasteiger partial charge is 0.242 e. The van der Waals surface area contributed by atoms with Crippen LogP contribution in [0.15, 0.2) is 24.3 Å². The lowest BCUT2D eigenvalue weighted by atomic mass is 10.00. The Hall–Kier alpha value is -3.42. The second-order valence-electron chi connectivity index (χ2n) is 8.14. The van der Waals surface area contributed by atoms with Gasteiger partial charge in [0, 0.05) is 32.8 Å². The first-order valence-electron chi connectivity index (χ1n) is 10.9. The first-order chi connectivity index (χ1) is 15.3. The van der Waals surface area contributed by atoms with Crippen molar-refractivity contribution in [1.82, 2.24) is 29.2 Å². The first kappa shape index (κ1) is 21.8. The van der Waals surface area contributed by atoms with E-state index < -0.39 is 0 Å². The number of carbonyl (C=O) groups excluding carboxylic acids is 1. The number of aromatic nitrogens is 5. The van der Waals surface area contributed by atoms with Gasteiger partial charge in [0.1, 0.15) is 5.82 Å². The van der Waals surface area contributed by atoms with Crippen molar-refractivity contribution in [2.24, 2.45) is 7.05 Å². The summed E-state index contributed by atoms with van der Waals surface area (Å²) in [6.07, 6.45) is 1.02. The third kappa shape index (κ3) is 3.70. The fraction of sp³-hybridized carbons (Fsp3) is 0.417. The van der Waals surface area contributed by atoms with Gasteiger partial charge in [0.2, 0.25) is 11.8 Å². The Bertz CT molecular complexity index is 1300. The lowest BCUT2D eigenvalue weighted by Gasteiger charge is -2.18. The van der Waals surface area contributed by atoms with Gasteiger partial charge in [-0.3, -0.25) is 4.79 Å². The fourth-order valence-corrected chi connectivity index (χ4v) is 4.43. The first-order valence-corrected chi connectivity index (χ1v) is 10.9. The molecule has 4 rings (SSSR count). The van der Waals surface area contributed by atoms with Gasteiger partial charge in [0.15, 0.2) is 5.65 Å². The Morgan fingerprint density at radius 2 is 1.94 bits per heavy atom. The molecule has 8 heteroatoms. The third-order valence-electron chi connectivity index (χ3n) is 6.16. The van der Waals surface area contributed by atoms with Crippen LogP contribution in [0.5, 0.6) is 5.88 Å². The van der Waals surface area contributed by atoms with E-state index in [1.54, 1.807) is 16.7 Å². The molecule has 8 nitrogen and oxygen atoms in total. The minimum atomic E-state index is 0.0803. The van der Waals surface area contributed by atoms with E-state index in [1.807, 2.05) is 46.1 Å². The van der Waals surface area contributed by atoms with Crippen molar-refractivity contribution in [3.8, 4) is 5.88 Å². The molecule has 0 aliphatic carbocycles. The molecule has 0 saturated carbocycles. The van der Waals surface area contributed by atoms with Crippen LogP contribution in [-0.4, -0.2) is 49.3 Å². The van der Waals surface area contributed by atoms with Crippen LogP contribution in [0.1, 0.15) is 36.0 Å². The van der Waals surface area contributed by atoms with Crippen LogP contribution < -0.4 is 4.74 Å². The average molecular weight is 435 g/mol. The zero-order chi connectivity index (χ0) is 23.0. The maximum atomic E-state index is 13.0. The standard InChI is InChI=1S/C24H30N6O2/c1-7-30-19-11-9-8-10-18(19)26-20(30)14-28(4)21(31)13-12-17-15(2)22-23(25-16(17)3)29(5)27-24(22)32-6/h8-11H,7,12-14H2,1-6H3. The molecule has 1 aromatic carbocycles. The van der Waals surface area contributed by atoms with Crippen molar-refractivity contribution in [2.75, 3.05) is 14.2 Å². The molecule has 0 bridgehead atoms. The quantitative estimate of drug-likeness (QED) is 0.444. The molecule has 0 unspecified atom stereocenters. The maximum absolute atomic E-state index is 13.0. The van der Waals surface area contributed by atoms with Crippen molar-refractivity contribution < 1.29 is 9.53 Å². The predicted octanol–water partition coefficient (Wildman–Crippen LogP) is 3.55. The van der Waals surface area contributed by atoms with Gasteiger partial charge in [0.25, 0.3) is 0 Å². The Balaban J connectivity index is 1.52. The summed E-state index contributed by atoms with van der Waals surface area (Å²) in [4.78, 5) is 24.2. The van der Waals surface area contributed by atoms with E-state index in [2.05, 4.69) is 22.7 Å². The highest BCUT2D eigenvalue weighted by molar-refractivity contribution is 5.86. The number of nitrogens with zero attached hydrogens (tertiary/aromatic N) is 6. The lowest BCUT2D eigenvalue weighted by molar-refractivity contribution is -0.130. The average Bonchev–Trinajstić information content (AvgIpc) is 3.29. The number of imidazole rings is 1. The molecule has 0 saturated heterocycles. The van der Waals surface area contributed by atoms with E-state index in [0.717, 1.165) is 51.3 Å². The summed E-state index contributed by atoms with van der Waals surface area (Å²) in [5, 5.41) is 5.31. The largest absolute Gasteiger partial charge is 0.479 e. The summed E-state index contributed by atoms with van der Waals surface area (Å²) in [6.45, 7) is 7.43. The van der Waals surface area contributed by atoms with Crippen molar-refractivity contribution in [3.63, 3.8) is 0 Å². The van der Waals surface area contributed by atoms with Crippen molar-refractivity contribution in [3.05, 3.63) is 46.9 Å². The monoisotopic (exact) mass is 434 g/mol. The lowest BCUT2D eigenvalue weighted by Crippen LogP contribution is -2.28. The Labute approximate surface area is 187 Å². The maximum Gasteiger partial charge on any atom is 0.242 e. The zero-order valence-corrected chi connectivity index (χ0v) is 19.6. The molecule has 0 atom stereocenters. The number of hydrogen-bond acceptors (Lipinski definition) is 5. The van der Waals surface area contributed by atoms with E-state index in [4.69, 9.17) is 14.7 Å². The van der Waals surface area contributed by atoms with Crippen LogP contribution in [0.25, 0.3) is 22.1 Å². The number of ether oxygens (including phenoxy) is 1. The molecular weight excluding hydrogens is 404 g/mol. The Morgan fingerprint density at radius 3 is 2.66 bits per heavy atom. The van der Waals surface area contributed by atoms with Crippen LogP contribution in [0.4, 0.5) is 0 Å². The molecule has 3 aromatic heterocycles. The molecule has 0 fully saturated rings. The third-order valence-corrected chi connectivity index (χ3v) is 6.16. The van der Waals surface area contributed by atoms with E-state index in [1.165, 1.54) is 0 Å². The molecule has 32 heavy (non-hydrogen) atoms. The summed E-state index contributed by atoms with van der Waals surface area (Å²) in [5.74, 6) is 1.55. The van der Waals surface area contributed by atoms with Crippen molar-refractivity contribution in [1.29, 1.82) is 0 Å². The molecule has 1 amide bonds. The van der Waals surface area contributed by atoms with E-state index in [-0.39, 0.29) is 5.91 Å². The Morgan fingerprint density at radius 1 is 1.19 bits per heavy atom. The Kier molecular flexibility index (Phi) is 5.86. The second-order valence-corrected chi connectivity index (χ2v) is 8.14. The highest BCUT2D eigenvalue weighted by atomic mass is 16.5. The van der Waals surface area contributed by atoms with Gasteiger partial charge in [-0.25, -0.2) is 14.6 Å². The fourth-order valence-electron chi connectivity index (χ4n) is 4.43. The number of pyridine rings is 1. The molecule has 3 heterocycles. The van der Waals surface area contributed by atoms with Crippen LogP contribution in [0, 0.1) is 13.8 Å². The predicted molar refractivity (Wildman–Crippen MR) is 125 cm³/mol. The molecular formula is C24H30N6O2. The van der Waals surface area contributed by atoms with Crippen LogP contribution in [-0.2, 0) is 31.4 Å². The van der Waals surface area contributed by atoms with Gasteiger partial charge in [-0.1, -0.05) is 12.1 Å². The van der Waals surface area contributed by atoms with Gasteiger partial charge in [-0.05, 0) is 50.5 Å². The van der Waals surface area contributed by atoms with Crippen molar-refractivity contribution >= 4 is 28.0 Å². The molecule has 0 aliphatic heterocycles. The van der Waals surface area contributed by atoms with E-state index in [0.29, 0.717) is 25.3 Å². The SMILES string of the molecule is CCn1c(CN(C)C(=O)CCc2c(C)nc3c(c(OC)nn3C)c2C)nc2ccccc21. The van der Waals surface area contributed by atoms with Gasteiger partial charge in [-0.15, -0.1) is 5.10 Å². The van der Waals surface area contributed by atoms with E-state index in [9.17, 15) is 4.79 Å². The number of para-hydroxylation sites is 2. The minimum absolute atomic E-state index is 0.0803. The summed E-state index contributed by atoms with van der Waals surface area (Å²) in [6, 6.07) is 8.08. The highest BCUT2D eigenvalue weighted by Gasteiger charge is 2.20. The number of fused-ring (bicyclic) bond motifs is 2. The summed E-state index contributed by atoms with van der Waals surface area (Å²) >= 11 is 0. The number of aryl methyl sites for hydroxylation is 4. The number of benzene rings is 1. The molecule has 0 spiro atoms. The second kappa shape index (κ2) is 8.61. The molecule has 0 aliphatic rings. The molecule has 4 aromatic rings. The van der Waals surface area contributed by atoms with E-state index >= 15 is 0 Å². The van der Waals surface area contributed by atoms with Crippen LogP contribution in [0.3, 0.4) is 0 Å². The van der Waals surface area contributed by atoms with Crippen LogP contribution >= 0.6 is 0 Å². The van der Waals surface area contributed by atoms with Gasteiger partial charge in [0.05, 0.1) is 30.1 Å².